The van der Waals surface area contributed by atoms with Crippen LogP contribution in [-0.2, 0) is 11.2 Å². The number of fused-ring (bicyclic) bond motifs is 3. The summed E-state index contributed by atoms with van der Waals surface area (Å²) in [7, 11) is 0. The highest BCUT2D eigenvalue weighted by Crippen LogP contribution is 2.26. The summed E-state index contributed by atoms with van der Waals surface area (Å²) in [6.07, 6.45) is -0.388. The van der Waals surface area contributed by atoms with Crippen molar-refractivity contribution in [1.82, 2.24) is 19.9 Å². The third-order valence-corrected chi connectivity index (χ3v) is 3.14. The number of nitrogens with two attached hydrogens (primary N) is 2. The van der Waals surface area contributed by atoms with E-state index in [2.05, 4.69) is 19.9 Å². The molecule has 0 unspecified atom stereocenters. The number of carboxylic acid groups (broad SMARTS) is 1. The lowest BCUT2D eigenvalue weighted by atomic mass is 10.0. The molecule has 2 heterocycles. The van der Waals surface area contributed by atoms with Gasteiger partial charge >= 0.3 is 11.7 Å². The van der Waals surface area contributed by atoms with Gasteiger partial charge < -0.3 is 16.6 Å². The van der Waals surface area contributed by atoms with Crippen LogP contribution in [0.3, 0.4) is 0 Å². The van der Waals surface area contributed by atoms with Gasteiger partial charge in [-0.1, -0.05) is 0 Å². The van der Waals surface area contributed by atoms with Crippen molar-refractivity contribution in [1.29, 1.82) is 0 Å². The third-order valence-electron chi connectivity index (χ3n) is 3.14. The van der Waals surface area contributed by atoms with E-state index in [-0.39, 0.29) is 45.6 Å². The molecule has 10 nitrogen and oxygen atoms in total. The summed E-state index contributed by atoms with van der Waals surface area (Å²) in [5.74, 6) is -1.29. The minimum Gasteiger partial charge on any atom is -0.481 e. The van der Waals surface area contributed by atoms with Gasteiger partial charge in [0.2, 0.25) is 5.95 Å². The molecular weight excluding hydrogens is 292 g/mol. The topological polar surface area (TPSA) is 181 Å². The molecule has 0 aliphatic rings. The molecule has 10 heteroatoms. The van der Waals surface area contributed by atoms with E-state index in [1.807, 2.05) is 0 Å². The van der Waals surface area contributed by atoms with Gasteiger partial charge in [-0.2, -0.15) is 4.98 Å². The molecule has 2 aromatic heterocycles. The zero-order chi connectivity index (χ0) is 16.0. The Kier molecular flexibility index (Phi) is 2.80. The van der Waals surface area contributed by atoms with E-state index in [0.717, 1.165) is 0 Å². The maximum atomic E-state index is 12.2. The van der Waals surface area contributed by atoms with E-state index in [4.69, 9.17) is 16.6 Å². The number of nitrogen functional groups attached to an aromatic ring is 2. The normalized spacial score (nSPS) is 11.1. The Morgan fingerprint density at radius 1 is 1.18 bits per heavy atom. The fourth-order valence-electron chi connectivity index (χ4n) is 2.32. The highest BCUT2D eigenvalue weighted by Gasteiger charge is 2.17. The molecule has 0 atom stereocenters. The Balaban J connectivity index is 2.62. The van der Waals surface area contributed by atoms with Crippen LogP contribution in [0.1, 0.15) is 5.56 Å². The van der Waals surface area contributed by atoms with Crippen LogP contribution in [0.5, 0.6) is 0 Å². The number of hydrogen-bond acceptors (Lipinski definition) is 7. The Hall–Kier alpha value is -3.43. The molecule has 3 rings (SSSR count). The number of aromatic nitrogens is 4. The van der Waals surface area contributed by atoms with E-state index in [1.165, 1.54) is 6.07 Å². The van der Waals surface area contributed by atoms with Gasteiger partial charge in [-0.05, 0) is 11.6 Å². The monoisotopic (exact) mass is 302 g/mol. The molecule has 7 N–H and O–H groups in total. The van der Waals surface area contributed by atoms with E-state index >= 15 is 0 Å². The SMILES string of the molecule is Nc1nc2c(CC(=O)O)cc3c(N)[nH]c(=O)nc3c2c(=O)[nH]1. The number of nitrogens with one attached hydrogen (secondary N) is 2. The maximum absolute atomic E-state index is 12.2. The first-order chi connectivity index (χ1) is 10.4. The number of anilines is 2. The molecule has 0 radical (unpaired) electrons. The average Bonchev–Trinajstić information content (AvgIpc) is 2.38. The van der Waals surface area contributed by atoms with Gasteiger partial charge in [0.05, 0.1) is 22.8 Å². The van der Waals surface area contributed by atoms with Crippen LogP contribution in [0.25, 0.3) is 21.8 Å². The van der Waals surface area contributed by atoms with Crippen molar-refractivity contribution in [3.8, 4) is 0 Å². The molecule has 0 amide bonds. The maximum Gasteiger partial charge on any atom is 0.347 e. The quantitative estimate of drug-likeness (QED) is 0.371. The second kappa shape index (κ2) is 4.55. The van der Waals surface area contributed by atoms with E-state index < -0.39 is 17.2 Å². The smallest absolute Gasteiger partial charge is 0.347 e. The molecular formula is C12H10N6O4. The first-order valence-corrected chi connectivity index (χ1v) is 6.09. The number of nitrogens with zero attached hydrogens (tertiary/aromatic N) is 2. The van der Waals surface area contributed by atoms with Crippen LogP contribution in [0.2, 0.25) is 0 Å². The predicted molar refractivity (Wildman–Crippen MR) is 78.4 cm³/mol. The molecule has 0 bridgehead atoms. The molecule has 112 valence electrons. The Bertz CT molecular complexity index is 1050. The Morgan fingerprint density at radius 3 is 2.59 bits per heavy atom. The van der Waals surface area contributed by atoms with E-state index in [1.54, 1.807) is 0 Å². The van der Waals surface area contributed by atoms with E-state index in [9.17, 15) is 14.4 Å². The summed E-state index contributed by atoms with van der Waals surface area (Å²) in [5.41, 5.74) is 10.2. The molecule has 1 aromatic carbocycles. The van der Waals surface area contributed by atoms with Gasteiger partial charge in [0.1, 0.15) is 5.82 Å². The number of hydrogen-bond donors (Lipinski definition) is 5. The minimum atomic E-state index is -1.11. The standard InChI is InChI=1S/C12H10N6O4/c13-9-4-1-3(2-5(19)20)7-6(8(4)16-12(22)17-9)10(21)18-11(14)15-7/h1H,2H2,(H,19,20)(H3,13,16,17,22)(H3,14,15,18,21). The summed E-state index contributed by atoms with van der Waals surface area (Å²) in [5, 5.41) is 9.24. The zero-order valence-corrected chi connectivity index (χ0v) is 11.0. The molecule has 0 spiro atoms. The number of benzene rings is 1. The second-order valence-electron chi connectivity index (χ2n) is 4.63. The van der Waals surface area contributed by atoms with Crippen molar-refractivity contribution in [2.75, 3.05) is 11.5 Å². The van der Waals surface area contributed by atoms with Crippen LogP contribution in [0.4, 0.5) is 11.8 Å². The van der Waals surface area contributed by atoms with Crippen molar-refractivity contribution >= 4 is 39.5 Å². The lowest BCUT2D eigenvalue weighted by Gasteiger charge is -2.09. The average molecular weight is 302 g/mol. The van der Waals surface area contributed by atoms with Crippen molar-refractivity contribution in [2.45, 2.75) is 6.42 Å². The molecule has 0 aliphatic carbocycles. The summed E-state index contributed by atoms with van der Waals surface area (Å²) < 4.78 is 0. The molecule has 3 aromatic rings. The summed E-state index contributed by atoms with van der Waals surface area (Å²) >= 11 is 0. The number of H-pyrrole nitrogens is 2. The van der Waals surface area contributed by atoms with Gasteiger partial charge in [0, 0.05) is 5.39 Å². The van der Waals surface area contributed by atoms with Gasteiger partial charge in [0.25, 0.3) is 5.56 Å². The molecule has 0 saturated heterocycles. The van der Waals surface area contributed by atoms with Gasteiger partial charge in [-0.25, -0.2) is 9.78 Å². The number of aliphatic carboxylic acids is 1. The minimum absolute atomic E-state index is 0.0141. The van der Waals surface area contributed by atoms with Crippen LogP contribution >= 0.6 is 0 Å². The van der Waals surface area contributed by atoms with Crippen LogP contribution < -0.4 is 22.7 Å². The van der Waals surface area contributed by atoms with Crippen molar-refractivity contribution < 1.29 is 9.90 Å². The number of aromatic amines is 2. The van der Waals surface area contributed by atoms with Crippen LogP contribution in [0.15, 0.2) is 15.7 Å². The molecule has 22 heavy (non-hydrogen) atoms. The lowest BCUT2D eigenvalue weighted by molar-refractivity contribution is -0.136. The number of carboxylic acids is 1. The third kappa shape index (κ3) is 2.02. The van der Waals surface area contributed by atoms with Crippen molar-refractivity contribution in [3.05, 3.63) is 32.5 Å². The van der Waals surface area contributed by atoms with Crippen molar-refractivity contribution in [3.63, 3.8) is 0 Å². The lowest BCUT2D eigenvalue weighted by Crippen LogP contribution is -2.18. The highest BCUT2D eigenvalue weighted by molar-refractivity contribution is 6.08. The van der Waals surface area contributed by atoms with E-state index in [0.29, 0.717) is 0 Å². The largest absolute Gasteiger partial charge is 0.481 e. The van der Waals surface area contributed by atoms with Crippen LogP contribution in [-0.4, -0.2) is 31.0 Å². The number of carbonyl (C=O) groups is 1. The van der Waals surface area contributed by atoms with Crippen LogP contribution in [0, 0.1) is 0 Å². The highest BCUT2D eigenvalue weighted by atomic mass is 16.4. The summed E-state index contributed by atoms with van der Waals surface area (Å²) in [4.78, 5) is 46.9. The molecule has 0 fully saturated rings. The molecule has 0 aliphatic heterocycles. The second-order valence-corrected chi connectivity index (χ2v) is 4.63. The first-order valence-electron chi connectivity index (χ1n) is 6.09. The van der Waals surface area contributed by atoms with Gasteiger partial charge in [-0.15, -0.1) is 0 Å². The van der Waals surface area contributed by atoms with Crippen molar-refractivity contribution in [2.24, 2.45) is 0 Å². The van der Waals surface area contributed by atoms with Gasteiger partial charge in [0.15, 0.2) is 0 Å². The number of rotatable bonds is 2. The fraction of sp³-hybridized carbons (Fsp3) is 0.0833. The Morgan fingerprint density at radius 2 is 1.91 bits per heavy atom. The summed E-state index contributed by atoms with van der Waals surface area (Å²) in [6.45, 7) is 0. The zero-order valence-electron chi connectivity index (χ0n) is 11.0. The predicted octanol–water partition coefficient (Wildman–Crippen LogP) is -1.05. The first kappa shape index (κ1) is 13.5. The Labute approximate surface area is 120 Å². The molecule has 0 saturated carbocycles. The summed E-state index contributed by atoms with van der Waals surface area (Å²) in [6, 6.07) is 1.43. The fourth-order valence-corrected chi connectivity index (χ4v) is 2.32. The van der Waals surface area contributed by atoms with Gasteiger partial charge in [-0.3, -0.25) is 19.6 Å².